The second-order valence-corrected chi connectivity index (χ2v) is 3.05. The smallest absolute Gasteiger partial charge is 0.183 e. The molecule has 0 saturated carbocycles. The number of hydrogen-bond acceptors (Lipinski definition) is 6. The molecule has 6 heteroatoms. The summed E-state index contributed by atoms with van der Waals surface area (Å²) in [6.45, 7) is -0.225. The molecule has 13 heavy (non-hydrogen) atoms. The van der Waals surface area contributed by atoms with Gasteiger partial charge in [0.15, 0.2) is 6.29 Å². The SMILES string of the molecule is OCC[C@@H]1OC(O)[C@H](O)[C@H](O)[C@@H]1O. The molecule has 0 radical (unpaired) electrons. The van der Waals surface area contributed by atoms with Gasteiger partial charge in [-0.1, -0.05) is 0 Å². The third-order valence-electron chi connectivity index (χ3n) is 2.10. The highest BCUT2D eigenvalue weighted by molar-refractivity contribution is 4.88. The molecule has 0 bridgehead atoms. The highest BCUT2D eigenvalue weighted by Crippen LogP contribution is 2.21. The second kappa shape index (κ2) is 4.32. The molecule has 1 aliphatic rings. The van der Waals surface area contributed by atoms with Gasteiger partial charge in [-0.3, -0.25) is 0 Å². The fraction of sp³-hybridized carbons (Fsp3) is 1.00. The Balaban J connectivity index is 2.59. The predicted molar refractivity (Wildman–Crippen MR) is 40.6 cm³/mol. The number of rotatable bonds is 2. The molecule has 0 aromatic heterocycles. The van der Waals surface area contributed by atoms with Gasteiger partial charge in [-0.05, 0) is 6.42 Å². The van der Waals surface area contributed by atoms with E-state index in [-0.39, 0.29) is 13.0 Å². The van der Waals surface area contributed by atoms with Crippen LogP contribution in [0.1, 0.15) is 6.42 Å². The van der Waals surface area contributed by atoms with E-state index in [1.807, 2.05) is 0 Å². The Bertz CT molecular complexity index is 163. The average molecular weight is 194 g/mol. The van der Waals surface area contributed by atoms with E-state index in [0.29, 0.717) is 0 Å². The molecule has 0 aliphatic carbocycles. The van der Waals surface area contributed by atoms with E-state index in [0.717, 1.165) is 0 Å². The molecule has 1 unspecified atom stereocenters. The summed E-state index contributed by atoms with van der Waals surface area (Å²) in [6, 6.07) is 0. The van der Waals surface area contributed by atoms with Gasteiger partial charge in [0.2, 0.25) is 0 Å². The molecule has 78 valence electrons. The Labute approximate surface area is 75.0 Å². The minimum atomic E-state index is -1.52. The Morgan fingerprint density at radius 2 is 1.54 bits per heavy atom. The Morgan fingerprint density at radius 1 is 0.923 bits per heavy atom. The van der Waals surface area contributed by atoms with Gasteiger partial charge in [0.1, 0.15) is 18.3 Å². The number of ether oxygens (including phenoxy) is 1. The van der Waals surface area contributed by atoms with Gasteiger partial charge in [0.05, 0.1) is 6.10 Å². The van der Waals surface area contributed by atoms with Crippen LogP contribution in [-0.2, 0) is 4.74 Å². The summed E-state index contributed by atoms with van der Waals surface area (Å²) in [6.07, 6.45) is -6.51. The van der Waals surface area contributed by atoms with Crippen molar-refractivity contribution < 1.29 is 30.3 Å². The van der Waals surface area contributed by atoms with Crippen LogP contribution in [0.25, 0.3) is 0 Å². The van der Waals surface area contributed by atoms with E-state index in [9.17, 15) is 10.2 Å². The van der Waals surface area contributed by atoms with Crippen LogP contribution in [0.4, 0.5) is 0 Å². The molecular formula is C7H14O6. The highest BCUT2D eigenvalue weighted by atomic mass is 16.6. The van der Waals surface area contributed by atoms with Crippen LogP contribution in [0.2, 0.25) is 0 Å². The summed E-state index contributed by atoms with van der Waals surface area (Å²) >= 11 is 0. The van der Waals surface area contributed by atoms with Crippen LogP contribution in [-0.4, -0.2) is 62.8 Å². The van der Waals surface area contributed by atoms with Crippen LogP contribution in [0.3, 0.4) is 0 Å². The summed E-state index contributed by atoms with van der Waals surface area (Å²) in [4.78, 5) is 0. The zero-order valence-corrected chi connectivity index (χ0v) is 6.95. The largest absolute Gasteiger partial charge is 0.396 e. The molecule has 0 amide bonds. The standard InChI is InChI=1S/C7H14O6/c8-2-1-3-4(9)5(10)6(11)7(12)13-3/h3-12H,1-2H2/t3-,4+,5+,6+,7?/m0/s1. The van der Waals surface area contributed by atoms with Gasteiger partial charge in [-0.15, -0.1) is 0 Å². The predicted octanol–water partition coefficient (Wildman–Crippen LogP) is -2.83. The minimum absolute atomic E-state index is 0.0992. The van der Waals surface area contributed by atoms with Crippen LogP contribution in [0.15, 0.2) is 0 Å². The van der Waals surface area contributed by atoms with Crippen LogP contribution < -0.4 is 0 Å². The summed E-state index contributed by atoms with van der Waals surface area (Å²) in [5.74, 6) is 0. The quantitative estimate of drug-likeness (QED) is 0.324. The van der Waals surface area contributed by atoms with Gasteiger partial charge in [-0.2, -0.15) is 0 Å². The second-order valence-electron chi connectivity index (χ2n) is 3.05. The molecule has 0 spiro atoms. The molecule has 1 saturated heterocycles. The topological polar surface area (TPSA) is 110 Å². The first-order chi connectivity index (χ1) is 6.07. The molecule has 0 aromatic carbocycles. The molecule has 5 atom stereocenters. The van der Waals surface area contributed by atoms with E-state index in [4.69, 9.17) is 20.1 Å². The Hall–Kier alpha value is -0.240. The van der Waals surface area contributed by atoms with Crippen molar-refractivity contribution in [2.75, 3.05) is 6.61 Å². The maximum absolute atomic E-state index is 9.30. The molecule has 1 rings (SSSR count). The fourth-order valence-corrected chi connectivity index (χ4v) is 1.30. The van der Waals surface area contributed by atoms with Crippen molar-refractivity contribution in [3.63, 3.8) is 0 Å². The minimum Gasteiger partial charge on any atom is -0.396 e. The number of aliphatic hydroxyl groups is 5. The first kappa shape index (κ1) is 10.8. The summed E-state index contributed by atoms with van der Waals surface area (Å²) in [7, 11) is 0. The first-order valence-corrected chi connectivity index (χ1v) is 4.06. The van der Waals surface area contributed by atoms with Crippen LogP contribution in [0.5, 0.6) is 0 Å². The van der Waals surface area contributed by atoms with Crippen molar-refractivity contribution in [2.45, 2.75) is 37.1 Å². The van der Waals surface area contributed by atoms with E-state index in [2.05, 4.69) is 0 Å². The van der Waals surface area contributed by atoms with Crippen LogP contribution in [0, 0.1) is 0 Å². The molecule has 1 fully saturated rings. The lowest BCUT2D eigenvalue weighted by Crippen LogP contribution is -2.57. The lowest BCUT2D eigenvalue weighted by atomic mass is 9.97. The Morgan fingerprint density at radius 3 is 2.08 bits per heavy atom. The first-order valence-electron chi connectivity index (χ1n) is 4.06. The lowest BCUT2D eigenvalue weighted by molar-refractivity contribution is -0.283. The van der Waals surface area contributed by atoms with Gasteiger partial charge >= 0.3 is 0 Å². The maximum Gasteiger partial charge on any atom is 0.183 e. The van der Waals surface area contributed by atoms with Gasteiger partial charge in [0.25, 0.3) is 0 Å². The zero-order chi connectivity index (χ0) is 10.0. The van der Waals surface area contributed by atoms with Crippen molar-refractivity contribution >= 4 is 0 Å². The highest BCUT2D eigenvalue weighted by Gasteiger charge is 2.42. The lowest BCUT2D eigenvalue weighted by Gasteiger charge is -2.38. The van der Waals surface area contributed by atoms with Crippen molar-refractivity contribution in [1.29, 1.82) is 0 Å². The van der Waals surface area contributed by atoms with Crippen LogP contribution >= 0.6 is 0 Å². The molecule has 6 nitrogen and oxygen atoms in total. The zero-order valence-electron chi connectivity index (χ0n) is 6.95. The fourth-order valence-electron chi connectivity index (χ4n) is 1.30. The third-order valence-corrected chi connectivity index (χ3v) is 2.10. The number of hydrogen-bond donors (Lipinski definition) is 5. The third kappa shape index (κ3) is 2.16. The Kier molecular flexibility index (Phi) is 3.60. The monoisotopic (exact) mass is 194 g/mol. The molecule has 5 N–H and O–H groups in total. The maximum atomic E-state index is 9.30. The normalized spacial score (nSPS) is 46.4. The van der Waals surface area contributed by atoms with Gasteiger partial charge in [0, 0.05) is 6.61 Å². The van der Waals surface area contributed by atoms with E-state index < -0.39 is 30.7 Å². The van der Waals surface area contributed by atoms with E-state index in [1.54, 1.807) is 0 Å². The summed E-state index contributed by atoms with van der Waals surface area (Å²) in [5.41, 5.74) is 0. The molecular weight excluding hydrogens is 180 g/mol. The van der Waals surface area contributed by atoms with E-state index >= 15 is 0 Å². The van der Waals surface area contributed by atoms with Crippen molar-refractivity contribution in [1.82, 2.24) is 0 Å². The average Bonchev–Trinajstić information content (AvgIpc) is 2.11. The van der Waals surface area contributed by atoms with Gasteiger partial charge in [-0.25, -0.2) is 0 Å². The van der Waals surface area contributed by atoms with Gasteiger partial charge < -0.3 is 30.3 Å². The molecule has 1 aliphatic heterocycles. The van der Waals surface area contributed by atoms with E-state index in [1.165, 1.54) is 0 Å². The summed E-state index contributed by atoms with van der Waals surface area (Å²) in [5, 5.41) is 45.1. The van der Waals surface area contributed by atoms with Crippen molar-refractivity contribution in [2.24, 2.45) is 0 Å². The number of aliphatic hydroxyl groups excluding tert-OH is 5. The summed E-state index contributed by atoms with van der Waals surface area (Å²) < 4.78 is 4.76. The molecule has 0 aromatic rings. The van der Waals surface area contributed by atoms with Crippen molar-refractivity contribution in [3.8, 4) is 0 Å². The molecule has 1 heterocycles. The van der Waals surface area contributed by atoms with Crippen molar-refractivity contribution in [3.05, 3.63) is 0 Å².